The molecule has 13 heteroatoms. The number of nitrogens with one attached hydrogen (secondary N) is 3. The van der Waals surface area contributed by atoms with E-state index in [-0.39, 0.29) is 33.7 Å². The predicted molar refractivity (Wildman–Crippen MR) is 110 cm³/mol. The molecule has 0 aliphatic heterocycles. The van der Waals surface area contributed by atoms with Crippen LogP contribution in [0.1, 0.15) is 16.1 Å². The maximum absolute atomic E-state index is 12.2. The first kappa shape index (κ1) is 23.4. The van der Waals surface area contributed by atoms with Crippen molar-refractivity contribution >= 4 is 45.3 Å². The van der Waals surface area contributed by atoms with Crippen molar-refractivity contribution in [3.05, 3.63) is 41.7 Å². The third-order valence-corrected chi connectivity index (χ3v) is 6.30. The van der Waals surface area contributed by atoms with Crippen LogP contribution >= 0.6 is 11.8 Å². The average Bonchev–Trinajstić information content (AvgIpc) is 3.10. The second kappa shape index (κ2) is 10.2. The number of sulfonamides is 1. The third-order valence-electron chi connectivity index (χ3n) is 3.55. The van der Waals surface area contributed by atoms with E-state index >= 15 is 0 Å². The molecule has 3 amide bonds. The minimum absolute atomic E-state index is 0.00227. The Bertz CT molecular complexity index is 1030. The highest BCUT2D eigenvalue weighted by Crippen LogP contribution is 2.14. The SMILES string of the molecule is Cc1cc(NC(=O)CSCC(=O)NNC(=O)c2cccc(S(=O)(=O)N(C)C)c2)no1. The van der Waals surface area contributed by atoms with Crippen LogP contribution in [0.2, 0.25) is 0 Å². The molecule has 1 aromatic carbocycles. The summed E-state index contributed by atoms with van der Waals surface area (Å²) >= 11 is 1.03. The van der Waals surface area contributed by atoms with Crippen LogP contribution in [-0.4, -0.2) is 61.2 Å². The fraction of sp³-hybridized carbons (Fsp3) is 0.294. The molecule has 2 rings (SSSR count). The Morgan fingerprint density at radius 1 is 1.10 bits per heavy atom. The topological polar surface area (TPSA) is 151 Å². The fourth-order valence-electron chi connectivity index (χ4n) is 2.08. The van der Waals surface area contributed by atoms with Gasteiger partial charge in [0.25, 0.3) is 5.91 Å². The maximum atomic E-state index is 12.2. The predicted octanol–water partition coefficient (Wildman–Crippen LogP) is 0.366. The third kappa shape index (κ3) is 6.57. The van der Waals surface area contributed by atoms with Crippen LogP contribution in [-0.2, 0) is 19.6 Å². The quantitative estimate of drug-likeness (QED) is 0.483. The van der Waals surface area contributed by atoms with Gasteiger partial charge in [-0.1, -0.05) is 11.2 Å². The Balaban J connectivity index is 1.78. The number of hydrogen-bond acceptors (Lipinski definition) is 8. The van der Waals surface area contributed by atoms with Crippen LogP contribution in [0, 0.1) is 6.92 Å². The summed E-state index contributed by atoms with van der Waals surface area (Å²) in [5.41, 5.74) is 4.48. The molecule has 0 bridgehead atoms. The highest BCUT2D eigenvalue weighted by molar-refractivity contribution is 8.00. The molecule has 0 unspecified atom stereocenters. The molecule has 30 heavy (non-hydrogen) atoms. The van der Waals surface area contributed by atoms with Gasteiger partial charge < -0.3 is 9.84 Å². The first-order chi connectivity index (χ1) is 14.1. The van der Waals surface area contributed by atoms with Crippen LogP contribution in [0.25, 0.3) is 0 Å². The van der Waals surface area contributed by atoms with E-state index in [0.29, 0.717) is 5.76 Å². The highest BCUT2D eigenvalue weighted by Gasteiger charge is 2.19. The van der Waals surface area contributed by atoms with Crippen molar-refractivity contribution in [2.45, 2.75) is 11.8 Å². The number of aromatic nitrogens is 1. The summed E-state index contributed by atoms with van der Waals surface area (Å²) < 4.78 is 30.1. The Morgan fingerprint density at radius 2 is 1.80 bits per heavy atom. The summed E-state index contributed by atoms with van der Waals surface area (Å²) in [5, 5.41) is 6.14. The van der Waals surface area contributed by atoms with Gasteiger partial charge in [0.2, 0.25) is 21.8 Å². The van der Waals surface area contributed by atoms with Crippen LogP contribution in [0.4, 0.5) is 5.82 Å². The normalized spacial score (nSPS) is 11.2. The number of hydrazine groups is 1. The van der Waals surface area contributed by atoms with E-state index in [0.717, 1.165) is 16.1 Å². The summed E-state index contributed by atoms with van der Waals surface area (Å²) in [5.74, 6) is -0.813. The zero-order valence-corrected chi connectivity index (χ0v) is 18.1. The fourth-order valence-corrected chi connectivity index (χ4v) is 3.65. The number of aryl methyl sites for hydroxylation is 1. The summed E-state index contributed by atoms with van der Waals surface area (Å²) in [6.45, 7) is 1.69. The van der Waals surface area contributed by atoms with E-state index in [1.807, 2.05) is 0 Å². The smallest absolute Gasteiger partial charge is 0.269 e. The number of rotatable bonds is 8. The number of nitrogens with zero attached hydrogens (tertiary/aromatic N) is 2. The van der Waals surface area contributed by atoms with Crippen molar-refractivity contribution in [1.29, 1.82) is 0 Å². The molecule has 3 N–H and O–H groups in total. The second-order valence-electron chi connectivity index (χ2n) is 6.18. The maximum Gasteiger partial charge on any atom is 0.269 e. The molecule has 0 saturated heterocycles. The van der Waals surface area contributed by atoms with Gasteiger partial charge in [-0.05, 0) is 25.1 Å². The summed E-state index contributed by atoms with van der Waals surface area (Å²) in [7, 11) is -0.927. The molecule has 0 aliphatic rings. The Morgan fingerprint density at radius 3 is 2.43 bits per heavy atom. The standard InChI is InChI=1S/C17H21N5O6S2/c1-11-7-14(21-28-11)18-15(23)9-29-10-16(24)19-20-17(25)12-5-4-6-13(8-12)30(26,27)22(2)3/h4-8H,9-10H2,1-3H3,(H,19,24)(H,20,25)(H,18,21,23). The average molecular weight is 456 g/mol. The summed E-state index contributed by atoms with van der Waals surface area (Å²) in [6, 6.07) is 6.98. The lowest BCUT2D eigenvalue weighted by Crippen LogP contribution is -2.42. The van der Waals surface area contributed by atoms with Gasteiger partial charge in [-0.15, -0.1) is 11.8 Å². The first-order valence-corrected chi connectivity index (χ1v) is 11.1. The largest absolute Gasteiger partial charge is 0.360 e. The van der Waals surface area contributed by atoms with Gasteiger partial charge in [-0.25, -0.2) is 12.7 Å². The lowest BCUT2D eigenvalue weighted by Gasteiger charge is -2.12. The van der Waals surface area contributed by atoms with Gasteiger partial charge in [0.15, 0.2) is 5.82 Å². The van der Waals surface area contributed by atoms with Crippen LogP contribution in [0.5, 0.6) is 0 Å². The summed E-state index contributed by atoms with van der Waals surface area (Å²) in [4.78, 5) is 35.7. The molecule has 0 atom stereocenters. The van der Waals surface area contributed by atoms with Crippen LogP contribution in [0.3, 0.4) is 0 Å². The van der Waals surface area contributed by atoms with E-state index in [4.69, 9.17) is 4.52 Å². The molecule has 0 aliphatic carbocycles. The molecule has 0 fully saturated rings. The minimum Gasteiger partial charge on any atom is -0.360 e. The van der Waals surface area contributed by atoms with Crippen LogP contribution in [0.15, 0.2) is 39.8 Å². The van der Waals surface area contributed by atoms with Gasteiger partial charge in [-0.3, -0.25) is 25.2 Å². The molecular formula is C17H21N5O6S2. The van der Waals surface area contributed by atoms with Crippen molar-refractivity contribution in [2.24, 2.45) is 0 Å². The Labute approximate surface area is 177 Å². The lowest BCUT2D eigenvalue weighted by molar-refractivity contribution is -0.119. The minimum atomic E-state index is -3.69. The van der Waals surface area contributed by atoms with E-state index in [1.54, 1.807) is 13.0 Å². The van der Waals surface area contributed by atoms with E-state index in [2.05, 4.69) is 21.3 Å². The van der Waals surface area contributed by atoms with Crippen molar-refractivity contribution < 1.29 is 27.3 Å². The van der Waals surface area contributed by atoms with Gasteiger partial charge >= 0.3 is 0 Å². The lowest BCUT2D eigenvalue weighted by atomic mass is 10.2. The Kier molecular flexibility index (Phi) is 7.97. The zero-order valence-electron chi connectivity index (χ0n) is 16.5. The monoisotopic (exact) mass is 455 g/mol. The molecule has 2 aromatic rings. The number of carbonyl (C=O) groups excluding carboxylic acids is 3. The highest BCUT2D eigenvalue weighted by atomic mass is 32.2. The molecule has 162 valence electrons. The van der Waals surface area contributed by atoms with Gasteiger partial charge in [0, 0.05) is 25.7 Å². The number of amides is 3. The van der Waals surface area contributed by atoms with Gasteiger partial charge in [0.05, 0.1) is 16.4 Å². The van der Waals surface area contributed by atoms with Crippen LogP contribution < -0.4 is 16.2 Å². The molecule has 0 spiro atoms. The van der Waals surface area contributed by atoms with Gasteiger partial charge in [-0.2, -0.15) is 0 Å². The van der Waals surface area contributed by atoms with E-state index in [9.17, 15) is 22.8 Å². The van der Waals surface area contributed by atoms with Crippen molar-refractivity contribution in [3.8, 4) is 0 Å². The summed E-state index contributed by atoms with van der Waals surface area (Å²) in [6.07, 6.45) is 0. The zero-order chi connectivity index (χ0) is 22.3. The molecule has 1 heterocycles. The second-order valence-corrected chi connectivity index (χ2v) is 9.32. The Hall–Kier alpha value is -2.90. The number of benzene rings is 1. The molecule has 0 saturated carbocycles. The number of anilines is 1. The van der Waals surface area contributed by atoms with Crippen molar-refractivity contribution in [3.63, 3.8) is 0 Å². The number of hydrogen-bond donors (Lipinski definition) is 3. The molecule has 1 aromatic heterocycles. The molecule has 0 radical (unpaired) electrons. The van der Waals surface area contributed by atoms with E-state index in [1.165, 1.54) is 38.4 Å². The molecular weight excluding hydrogens is 434 g/mol. The van der Waals surface area contributed by atoms with Gasteiger partial charge in [0.1, 0.15) is 5.76 Å². The van der Waals surface area contributed by atoms with Crippen molar-refractivity contribution in [1.82, 2.24) is 20.3 Å². The number of carbonyl (C=O) groups is 3. The first-order valence-electron chi connectivity index (χ1n) is 8.52. The number of thioether (sulfide) groups is 1. The van der Waals surface area contributed by atoms with E-state index < -0.39 is 21.8 Å². The van der Waals surface area contributed by atoms with Crippen molar-refractivity contribution in [2.75, 3.05) is 30.9 Å². The molecule has 11 nitrogen and oxygen atoms in total.